The van der Waals surface area contributed by atoms with Crippen LogP contribution in [0.5, 0.6) is 0 Å². The Labute approximate surface area is 144 Å². The van der Waals surface area contributed by atoms with Gasteiger partial charge in [-0.1, -0.05) is 0 Å². The van der Waals surface area contributed by atoms with Gasteiger partial charge in [-0.15, -0.1) is 10.2 Å². The number of pyridine rings is 2. The second-order valence-electron chi connectivity index (χ2n) is 5.93. The van der Waals surface area contributed by atoms with E-state index in [1.807, 2.05) is 17.0 Å². The summed E-state index contributed by atoms with van der Waals surface area (Å²) in [6, 6.07) is 6.97. The molecule has 1 amide bonds. The molecule has 3 aromatic rings. The Morgan fingerprint density at radius 1 is 1.08 bits per heavy atom. The van der Waals surface area contributed by atoms with E-state index in [1.165, 1.54) is 0 Å². The molecule has 0 N–H and O–H groups in total. The molecule has 126 valence electrons. The first-order chi connectivity index (χ1) is 12.3. The van der Waals surface area contributed by atoms with Gasteiger partial charge in [-0.3, -0.25) is 14.8 Å². The largest absolute Gasteiger partial charge is 0.418 e. The number of amides is 1. The minimum Gasteiger partial charge on any atom is -0.418 e. The lowest BCUT2D eigenvalue weighted by atomic mass is 10.0. The van der Waals surface area contributed by atoms with Gasteiger partial charge in [0.05, 0.1) is 5.56 Å². The van der Waals surface area contributed by atoms with Crippen LogP contribution in [-0.2, 0) is 0 Å². The van der Waals surface area contributed by atoms with Crippen LogP contribution in [0.1, 0.15) is 41.6 Å². The molecule has 7 heteroatoms. The van der Waals surface area contributed by atoms with Crippen LogP contribution < -0.4 is 0 Å². The zero-order valence-electron chi connectivity index (χ0n) is 13.6. The molecule has 4 rings (SSSR count). The molecule has 1 atom stereocenters. The average Bonchev–Trinajstić information content (AvgIpc) is 3.19. The van der Waals surface area contributed by atoms with E-state index in [1.54, 1.807) is 36.9 Å². The Bertz CT molecular complexity index is 850. The van der Waals surface area contributed by atoms with E-state index in [9.17, 15) is 4.79 Å². The summed E-state index contributed by atoms with van der Waals surface area (Å²) < 4.78 is 5.87. The molecule has 0 aromatic carbocycles. The van der Waals surface area contributed by atoms with Crippen molar-refractivity contribution in [3.8, 4) is 11.5 Å². The molecule has 0 spiro atoms. The van der Waals surface area contributed by atoms with Gasteiger partial charge in [-0.05, 0) is 43.5 Å². The third kappa shape index (κ3) is 3.13. The van der Waals surface area contributed by atoms with Crippen LogP contribution in [0.25, 0.3) is 11.5 Å². The molecule has 0 aliphatic carbocycles. The molecule has 4 heterocycles. The predicted molar refractivity (Wildman–Crippen MR) is 89.4 cm³/mol. The summed E-state index contributed by atoms with van der Waals surface area (Å²) in [6.07, 6.45) is 9.40. The highest BCUT2D eigenvalue weighted by Crippen LogP contribution is 2.32. The molecule has 25 heavy (non-hydrogen) atoms. The molecular weight excluding hydrogens is 318 g/mol. The quantitative estimate of drug-likeness (QED) is 0.731. The second kappa shape index (κ2) is 6.80. The summed E-state index contributed by atoms with van der Waals surface area (Å²) in [6.45, 7) is 0.672. The van der Waals surface area contributed by atoms with Crippen molar-refractivity contribution in [2.45, 2.75) is 25.3 Å². The number of carbonyl (C=O) groups excluding carboxylic acids is 1. The van der Waals surface area contributed by atoms with Crippen molar-refractivity contribution < 1.29 is 9.21 Å². The van der Waals surface area contributed by atoms with E-state index in [0.29, 0.717) is 23.9 Å². The monoisotopic (exact) mass is 335 g/mol. The summed E-state index contributed by atoms with van der Waals surface area (Å²) >= 11 is 0. The van der Waals surface area contributed by atoms with Crippen LogP contribution in [0.4, 0.5) is 0 Å². The van der Waals surface area contributed by atoms with E-state index >= 15 is 0 Å². The fraction of sp³-hybridized carbons (Fsp3) is 0.278. The molecule has 1 aliphatic rings. The van der Waals surface area contributed by atoms with Crippen molar-refractivity contribution >= 4 is 5.91 Å². The number of piperidine rings is 1. The fourth-order valence-electron chi connectivity index (χ4n) is 3.07. The van der Waals surface area contributed by atoms with Gasteiger partial charge in [0.2, 0.25) is 11.8 Å². The van der Waals surface area contributed by atoms with E-state index in [-0.39, 0.29) is 11.9 Å². The molecule has 0 bridgehead atoms. The molecule has 1 saturated heterocycles. The van der Waals surface area contributed by atoms with Crippen molar-refractivity contribution in [2.75, 3.05) is 6.54 Å². The highest BCUT2D eigenvalue weighted by Gasteiger charge is 2.32. The highest BCUT2D eigenvalue weighted by atomic mass is 16.4. The van der Waals surface area contributed by atoms with E-state index in [4.69, 9.17) is 4.42 Å². The summed E-state index contributed by atoms with van der Waals surface area (Å²) in [5.74, 6) is 0.863. The number of hydrogen-bond donors (Lipinski definition) is 0. The maximum atomic E-state index is 12.8. The topological polar surface area (TPSA) is 85.0 Å². The van der Waals surface area contributed by atoms with Crippen molar-refractivity contribution in [1.29, 1.82) is 0 Å². The van der Waals surface area contributed by atoms with E-state index in [2.05, 4.69) is 20.2 Å². The second-order valence-corrected chi connectivity index (χ2v) is 5.93. The number of aromatic nitrogens is 4. The molecule has 1 unspecified atom stereocenters. The van der Waals surface area contributed by atoms with Crippen LogP contribution >= 0.6 is 0 Å². The Balaban J connectivity index is 1.62. The number of carbonyl (C=O) groups is 1. The van der Waals surface area contributed by atoms with Crippen molar-refractivity contribution in [2.24, 2.45) is 0 Å². The summed E-state index contributed by atoms with van der Waals surface area (Å²) in [5.41, 5.74) is 1.39. The minimum atomic E-state index is -0.204. The smallest absolute Gasteiger partial charge is 0.256 e. The van der Waals surface area contributed by atoms with Gasteiger partial charge in [0.1, 0.15) is 6.04 Å². The first-order valence-corrected chi connectivity index (χ1v) is 8.28. The summed E-state index contributed by atoms with van der Waals surface area (Å²) in [5, 5.41) is 8.33. The van der Waals surface area contributed by atoms with Gasteiger partial charge < -0.3 is 9.32 Å². The zero-order chi connectivity index (χ0) is 17.1. The molecule has 3 aromatic heterocycles. The number of likely N-dealkylation sites (tertiary alicyclic amines) is 1. The van der Waals surface area contributed by atoms with Gasteiger partial charge in [0, 0.05) is 36.9 Å². The molecule has 0 saturated carbocycles. The first kappa shape index (κ1) is 15.4. The van der Waals surface area contributed by atoms with Crippen LogP contribution in [0.15, 0.2) is 53.5 Å². The Hall–Kier alpha value is -3.09. The van der Waals surface area contributed by atoms with Gasteiger partial charge in [-0.25, -0.2) is 0 Å². The SMILES string of the molecule is O=C(c1cccnc1)N1CCCCC1c1nnc(-c2ccncc2)o1. The minimum absolute atomic E-state index is 0.0542. The Kier molecular flexibility index (Phi) is 4.20. The predicted octanol–water partition coefficient (Wildman–Crippen LogP) is 2.89. The highest BCUT2D eigenvalue weighted by molar-refractivity contribution is 5.94. The standard InChI is InChI=1S/C18H17N5O2/c24-18(14-4-3-8-20-12-14)23-11-2-1-5-15(23)17-22-21-16(25-17)13-6-9-19-10-7-13/h3-4,6-10,12,15H,1-2,5,11H2. The lowest BCUT2D eigenvalue weighted by Gasteiger charge is -2.33. The van der Waals surface area contributed by atoms with Gasteiger partial charge >= 0.3 is 0 Å². The van der Waals surface area contributed by atoms with Crippen LogP contribution in [-0.4, -0.2) is 37.5 Å². The molecular formula is C18H17N5O2. The zero-order valence-corrected chi connectivity index (χ0v) is 13.6. The van der Waals surface area contributed by atoms with Crippen LogP contribution in [0, 0.1) is 0 Å². The summed E-state index contributed by atoms with van der Waals surface area (Å²) in [7, 11) is 0. The summed E-state index contributed by atoms with van der Waals surface area (Å²) in [4.78, 5) is 22.7. The molecule has 0 radical (unpaired) electrons. The lowest BCUT2D eigenvalue weighted by molar-refractivity contribution is 0.0572. The van der Waals surface area contributed by atoms with Crippen molar-refractivity contribution in [1.82, 2.24) is 25.1 Å². The fourth-order valence-corrected chi connectivity index (χ4v) is 3.07. The van der Waals surface area contributed by atoms with E-state index < -0.39 is 0 Å². The Morgan fingerprint density at radius 3 is 2.76 bits per heavy atom. The van der Waals surface area contributed by atoms with Crippen LogP contribution in [0.3, 0.4) is 0 Å². The maximum absolute atomic E-state index is 12.8. The third-order valence-electron chi connectivity index (χ3n) is 4.33. The molecule has 7 nitrogen and oxygen atoms in total. The molecule has 1 aliphatic heterocycles. The van der Waals surface area contributed by atoms with E-state index in [0.717, 1.165) is 24.8 Å². The number of nitrogens with zero attached hydrogens (tertiary/aromatic N) is 5. The lowest BCUT2D eigenvalue weighted by Crippen LogP contribution is -2.38. The third-order valence-corrected chi connectivity index (χ3v) is 4.33. The van der Waals surface area contributed by atoms with Crippen LogP contribution in [0.2, 0.25) is 0 Å². The Morgan fingerprint density at radius 2 is 1.96 bits per heavy atom. The first-order valence-electron chi connectivity index (χ1n) is 8.28. The number of hydrogen-bond acceptors (Lipinski definition) is 6. The average molecular weight is 335 g/mol. The molecule has 1 fully saturated rings. The van der Waals surface area contributed by atoms with Gasteiger partial charge in [0.15, 0.2) is 0 Å². The van der Waals surface area contributed by atoms with Crippen molar-refractivity contribution in [3.05, 3.63) is 60.5 Å². The van der Waals surface area contributed by atoms with Gasteiger partial charge in [0.25, 0.3) is 5.91 Å². The maximum Gasteiger partial charge on any atom is 0.256 e. The number of rotatable bonds is 3. The van der Waals surface area contributed by atoms with Crippen molar-refractivity contribution in [3.63, 3.8) is 0 Å². The normalized spacial score (nSPS) is 17.4. The van der Waals surface area contributed by atoms with Gasteiger partial charge in [-0.2, -0.15) is 0 Å².